The minimum Gasteiger partial charge on any atom is -0.482 e. The Kier molecular flexibility index (Phi) is 5.34. The molecule has 0 spiro atoms. The molecular formula is C25H23NO3. The molecule has 0 aliphatic rings. The van der Waals surface area contributed by atoms with Gasteiger partial charge in [-0.05, 0) is 36.2 Å². The van der Waals surface area contributed by atoms with Crippen LogP contribution in [0.1, 0.15) is 24.5 Å². The van der Waals surface area contributed by atoms with Gasteiger partial charge >= 0.3 is 5.97 Å². The zero-order chi connectivity index (χ0) is 20.1. The number of carbonyl (C=O) groups excluding carboxylic acids is 1. The van der Waals surface area contributed by atoms with Crippen LogP contribution >= 0.6 is 0 Å². The van der Waals surface area contributed by atoms with Crippen molar-refractivity contribution in [2.24, 2.45) is 0 Å². The van der Waals surface area contributed by atoms with Crippen LogP contribution in [0.5, 0.6) is 5.75 Å². The van der Waals surface area contributed by atoms with E-state index in [0.29, 0.717) is 0 Å². The molecule has 4 rings (SSSR count). The van der Waals surface area contributed by atoms with Crippen LogP contribution in [0.2, 0.25) is 0 Å². The van der Waals surface area contributed by atoms with E-state index in [2.05, 4.69) is 4.98 Å². The SMILES string of the molecule is CC(CC(=O)OCc1ccccc1)(Oc1cccc2[nH]ccc12)c1ccccc1. The Morgan fingerprint density at radius 2 is 1.62 bits per heavy atom. The summed E-state index contributed by atoms with van der Waals surface area (Å²) in [6.45, 7) is 2.18. The number of hydrogen-bond donors (Lipinski definition) is 1. The average Bonchev–Trinajstić information content (AvgIpc) is 3.24. The van der Waals surface area contributed by atoms with Gasteiger partial charge in [-0.3, -0.25) is 4.79 Å². The monoisotopic (exact) mass is 385 g/mol. The summed E-state index contributed by atoms with van der Waals surface area (Å²) in [6, 6.07) is 27.3. The second-order valence-electron chi connectivity index (χ2n) is 7.22. The molecule has 3 aromatic carbocycles. The lowest BCUT2D eigenvalue weighted by atomic mass is 9.92. The summed E-state index contributed by atoms with van der Waals surface area (Å²) in [5, 5.41) is 0.979. The maximum atomic E-state index is 12.7. The van der Waals surface area contributed by atoms with E-state index in [4.69, 9.17) is 9.47 Å². The Hall–Kier alpha value is -3.53. The number of esters is 1. The summed E-state index contributed by atoms with van der Waals surface area (Å²) >= 11 is 0. The maximum absolute atomic E-state index is 12.7. The standard InChI is InChI=1S/C25H23NO3/c1-25(20-11-6-3-7-12-20,17-24(27)28-18-19-9-4-2-5-10-19)29-23-14-8-13-22-21(23)15-16-26-22/h2-16,26H,17-18H2,1H3. The summed E-state index contributed by atoms with van der Waals surface area (Å²) in [4.78, 5) is 15.9. The molecule has 146 valence electrons. The van der Waals surface area contributed by atoms with Gasteiger partial charge in [-0.25, -0.2) is 0 Å². The molecule has 1 N–H and O–H groups in total. The summed E-state index contributed by atoms with van der Waals surface area (Å²) in [6.07, 6.45) is 1.98. The first-order chi connectivity index (χ1) is 14.1. The van der Waals surface area contributed by atoms with E-state index < -0.39 is 5.60 Å². The van der Waals surface area contributed by atoms with Crippen LogP contribution in [0.25, 0.3) is 10.9 Å². The van der Waals surface area contributed by atoms with Gasteiger partial charge in [0.1, 0.15) is 18.0 Å². The Morgan fingerprint density at radius 3 is 2.38 bits per heavy atom. The predicted octanol–water partition coefficient (Wildman–Crippen LogP) is 5.60. The number of aromatic nitrogens is 1. The molecule has 1 aromatic heterocycles. The number of hydrogen-bond acceptors (Lipinski definition) is 3. The van der Waals surface area contributed by atoms with Crippen LogP contribution in [-0.2, 0) is 21.7 Å². The molecule has 29 heavy (non-hydrogen) atoms. The third kappa shape index (κ3) is 4.32. The fraction of sp³-hybridized carbons (Fsp3) is 0.160. The fourth-order valence-electron chi connectivity index (χ4n) is 3.44. The maximum Gasteiger partial charge on any atom is 0.310 e. The molecule has 0 aliphatic heterocycles. The molecule has 0 radical (unpaired) electrons. The molecule has 0 fully saturated rings. The average molecular weight is 385 g/mol. The highest BCUT2D eigenvalue weighted by Crippen LogP contribution is 2.35. The highest BCUT2D eigenvalue weighted by Gasteiger charge is 2.33. The van der Waals surface area contributed by atoms with Crippen molar-refractivity contribution in [1.29, 1.82) is 0 Å². The molecule has 1 unspecified atom stereocenters. The van der Waals surface area contributed by atoms with Crippen molar-refractivity contribution >= 4 is 16.9 Å². The number of ether oxygens (including phenoxy) is 2. The molecule has 4 heteroatoms. The molecule has 0 aliphatic carbocycles. The lowest BCUT2D eigenvalue weighted by molar-refractivity contribution is -0.149. The third-order valence-corrected chi connectivity index (χ3v) is 5.00. The van der Waals surface area contributed by atoms with Gasteiger partial charge in [0.05, 0.1) is 6.42 Å². The number of aromatic amines is 1. The first-order valence-corrected chi connectivity index (χ1v) is 9.64. The Labute approximate surface area is 170 Å². The number of nitrogens with one attached hydrogen (secondary N) is 1. The van der Waals surface area contributed by atoms with E-state index >= 15 is 0 Å². The second-order valence-corrected chi connectivity index (χ2v) is 7.22. The molecule has 1 heterocycles. The van der Waals surface area contributed by atoms with Gasteiger partial charge in [-0.2, -0.15) is 0 Å². The predicted molar refractivity (Wildman–Crippen MR) is 114 cm³/mol. The molecule has 0 amide bonds. The summed E-state index contributed by atoms with van der Waals surface area (Å²) in [5.74, 6) is 0.424. The second kappa shape index (κ2) is 8.23. The van der Waals surface area contributed by atoms with E-state index in [1.54, 1.807) is 0 Å². The van der Waals surface area contributed by atoms with Crippen molar-refractivity contribution < 1.29 is 14.3 Å². The number of rotatable bonds is 7. The first kappa shape index (κ1) is 18.8. The quantitative estimate of drug-likeness (QED) is 0.422. The van der Waals surface area contributed by atoms with Gasteiger partial charge in [0.25, 0.3) is 0 Å². The van der Waals surface area contributed by atoms with Gasteiger partial charge in [0, 0.05) is 17.1 Å². The van der Waals surface area contributed by atoms with Crippen molar-refractivity contribution in [1.82, 2.24) is 4.98 Å². The van der Waals surface area contributed by atoms with E-state index in [0.717, 1.165) is 27.8 Å². The van der Waals surface area contributed by atoms with Crippen LogP contribution < -0.4 is 4.74 Å². The minimum absolute atomic E-state index is 0.102. The van der Waals surface area contributed by atoms with Crippen LogP contribution in [0.4, 0.5) is 0 Å². The van der Waals surface area contributed by atoms with Crippen molar-refractivity contribution in [3.05, 3.63) is 102 Å². The van der Waals surface area contributed by atoms with Gasteiger partial charge in [-0.1, -0.05) is 66.7 Å². The fourth-order valence-corrected chi connectivity index (χ4v) is 3.44. The van der Waals surface area contributed by atoms with E-state index in [-0.39, 0.29) is 19.0 Å². The van der Waals surface area contributed by atoms with Crippen molar-refractivity contribution in [3.8, 4) is 5.75 Å². The lowest BCUT2D eigenvalue weighted by Gasteiger charge is -2.31. The highest BCUT2D eigenvalue weighted by atomic mass is 16.5. The highest BCUT2D eigenvalue weighted by molar-refractivity contribution is 5.85. The number of fused-ring (bicyclic) bond motifs is 1. The van der Waals surface area contributed by atoms with E-state index in [1.807, 2.05) is 98.0 Å². The first-order valence-electron chi connectivity index (χ1n) is 9.64. The molecule has 0 saturated heterocycles. The molecule has 4 nitrogen and oxygen atoms in total. The number of H-pyrrole nitrogens is 1. The normalized spacial score (nSPS) is 13.0. The zero-order valence-corrected chi connectivity index (χ0v) is 16.3. The van der Waals surface area contributed by atoms with Gasteiger partial charge in [0.15, 0.2) is 0 Å². The lowest BCUT2D eigenvalue weighted by Crippen LogP contribution is -2.33. The molecule has 4 aromatic rings. The van der Waals surface area contributed by atoms with Crippen molar-refractivity contribution in [3.63, 3.8) is 0 Å². The van der Waals surface area contributed by atoms with Gasteiger partial charge < -0.3 is 14.5 Å². The number of carbonyl (C=O) groups is 1. The third-order valence-electron chi connectivity index (χ3n) is 5.00. The van der Waals surface area contributed by atoms with E-state index in [1.165, 1.54) is 0 Å². The smallest absolute Gasteiger partial charge is 0.310 e. The topological polar surface area (TPSA) is 51.3 Å². The minimum atomic E-state index is -0.861. The van der Waals surface area contributed by atoms with Crippen LogP contribution in [0.3, 0.4) is 0 Å². The largest absolute Gasteiger partial charge is 0.482 e. The van der Waals surface area contributed by atoms with Crippen molar-refractivity contribution in [2.75, 3.05) is 0 Å². The summed E-state index contributed by atoms with van der Waals surface area (Å²) in [7, 11) is 0. The summed E-state index contributed by atoms with van der Waals surface area (Å²) < 4.78 is 12.0. The van der Waals surface area contributed by atoms with E-state index in [9.17, 15) is 4.79 Å². The number of benzene rings is 3. The Bertz CT molecular complexity index is 1090. The Morgan fingerprint density at radius 1 is 0.897 bits per heavy atom. The molecular weight excluding hydrogens is 362 g/mol. The Balaban J connectivity index is 1.57. The zero-order valence-electron chi connectivity index (χ0n) is 16.3. The van der Waals surface area contributed by atoms with Crippen LogP contribution in [-0.4, -0.2) is 11.0 Å². The molecule has 0 bridgehead atoms. The summed E-state index contributed by atoms with van der Waals surface area (Å²) in [5.41, 5.74) is 2.01. The van der Waals surface area contributed by atoms with Gasteiger partial charge in [0.2, 0.25) is 0 Å². The van der Waals surface area contributed by atoms with Crippen LogP contribution in [0.15, 0.2) is 91.1 Å². The van der Waals surface area contributed by atoms with Crippen molar-refractivity contribution in [2.45, 2.75) is 25.6 Å². The molecule has 1 atom stereocenters. The van der Waals surface area contributed by atoms with Crippen LogP contribution in [0, 0.1) is 0 Å². The van der Waals surface area contributed by atoms with Gasteiger partial charge in [-0.15, -0.1) is 0 Å². The molecule has 0 saturated carbocycles.